The van der Waals surface area contributed by atoms with Gasteiger partial charge in [0.1, 0.15) is 0 Å². The van der Waals surface area contributed by atoms with Crippen LogP contribution in [0.5, 0.6) is 0 Å². The number of benzene rings is 1. The topological polar surface area (TPSA) is 67.1 Å². The molecule has 0 aromatic heterocycles. The highest BCUT2D eigenvalue weighted by Gasteiger charge is 2.32. The molecule has 18 heavy (non-hydrogen) atoms. The van der Waals surface area contributed by atoms with Gasteiger partial charge in [-0.05, 0) is 11.6 Å². The highest BCUT2D eigenvalue weighted by molar-refractivity contribution is 5.73. The first-order chi connectivity index (χ1) is 8.45. The summed E-state index contributed by atoms with van der Waals surface area (Å²) < 4.78 is 37.9. The number of nitrogens with one attached hydrogen (secondary N) is 2. The molecule has 4 N–H and O–H groups in total. The van der Waals surface area contributed by atoms with Crippen molar-refractivity contribution in [3.63, 3.8) is 0 Å². The predicted molar refractivity (Wildman–Crippen MR) is 60.7 cm³/mol. The maximum Gasteiger partial charge on any atom is 0.416 e. The molecule has 100 valence electrons. The van der Waals surface area contributed by atoms with Gasteiger partial charge in [0.2, 0.25) is 0 Å². The molecule has 0 bridgehead atoms. The van der Waals surface area contributed by atoms with E-state index in [1.807, 2.05) is 0 Å². The molecule has 2 amide bonds. The summed E-state index contributed by atoms with van der Waals surface area (Å²) in [6.45, 7) is 0.353. The van der Waals surface area contributed by atoms with Gasteiger partial charge >= 0.3 is 12.2 Å². The van der Waals surface area contributed by atoms with E-state index in [1.165, 1.54) is 18.2 Å². The number of amides is 2. The van der Waals surface area contributed by atoms with Crippen LogP contribution >= 0.6 is 0 Å². The van der Waals surface area contributed by atoms with Crippen LogP contribution in [0.4, 0.5) is 18.0 Å². The molecule has 0 fully saturated rings. The van der Waals surface area contributed by atoms with Crippen LogP contribution in [-0.2, 0) is 12.7 Å². The number of alkyl halides is 3. The van der Waals surface area contributed by atoms with Crippen molar-refractivity contribution in [2.24, 2.45) is 5.73 Å². The van der Waals surface area contributed by atoms with Gasteiger partial charge in [-0.3, -0.25) is 0 Å². The molecule has 4 nitrogen and oxygen atoms in total. The minimum absolute atomic E-state index is 0.0212. The Bertz CT molecular complexity index is 407. The molecule has 0 spiro atoms. The normalized spacial score (nSPS) is 11.1. The second-order valence-electron chi connectivity index (χ2n) is 3.55. The lowest BCUT2D eigenvalue weighted by atomic mass is 10.1. The van der Waals surface area contributed by atoms with E-state index in [4.69, 9.17) is 5.73 Å². The molecule has 0 saturated heterocycles. The van der Waals surface area contributed by atoms with E-state index in [1.54, 1.807) is 0 Å². The first-order valence-electron chi connectivity index (χ1n) is 5.32. The lowest BCUT2D eigenvalue weighted by Crippen LogP contribution is -2.38. The molecular formula is C11H14F3N3O. The Kier molecular flexibility index (Phi) is 4.96. The number of hydrogen-bond donors (Lipinski definition) is 3. The number of urea groups is 1. The Morgan fingerprint density at radius 1 is 1.22 bits per heavy atom. The summed E-state index contributed by atoms with van der Waals surface area (Å²) in [5.41, 5.74) is 4.45. The van der Waals surface area contributed by atoms with Crippen molar-refractivity contribution in [1.29, 1.82) is 0 Å². The van der Waals surface area contributed by atoms with Crippen molar-refractivity contribution in [3.05, 3.63) is 35.4 Å². The van der Waals surface area contributed by atoms with Gasteiger partial charge in [-0.25, -0.2) is 4.79 Å². The van der Waals surface area contributed by atoms with Gasteiger partial charge in [-0.15, -0.1) is 0 Å². The minimum atomic E-state index is -4.42. The van der Waals surface area contributed by atoms with Crippen LogP contribution in [0.2, 0.25) is 0 Å². The molecule has 1 aromatic rings. The van der Waals surface area contributed by atoms with Gasteiger partial charge in [-0.1, -0.05) is 18.2 Å². The second kappa shape index (κ2) is 6.25. The van der Waals surface area contributed by atoms with Gasteiger partial charge in [0.25, 0.3) is 0 Å². The smallest absolute Gasteiger partial charge is 0.337 e. The minimum Gasteiger partial charge on any atom is -0.337 e. The second-order valence-corrected chi connectivity index (χ2v) is 3.55. The molecular weight excluding hydrogens is 247 g/mol. The quantitative estimate of drug-likeness (QED) is 0.768. The van der Waals surface area contributed by atoms with Crippen molar-refractivity contribution in [3.8, 4) is 0 Å². The standard InChI is InChI=1S/C11H14F3N3O/c12-11(13,14)9-4-2-1-3-8(9)7-17-10(18)16-6-5-15/h1-4H,5-7,15H2,(H2,16,17,18). The summed E-state index contributed by atoms with van der Waals surface area (Å²) in [6.07, 6.45) is -4.42. The molecule has 1 aromatic carbocycles. The van der Waals surface area contributed by atoms with Crippen LogP contribution in [0.1, 0.15) is 11.1 Å². The van der Waals surface area contributed by atoms with Crippen LogP contribution < -0.4 is 16.4 Å². The average molecular weight is 261 g/mol. The maximum absolute atomic E-state index is 12.6. The summed E-state index contributed by atoms with van der Waals surface area (Å²) >= 11 is 0. The fraction of sp³-hybridized carbons (Fsp3) is 0.364. The molecule has 0 aliphatic heterocycles. The number of rotatable bonds is 4. The third kappa shape index (κ3) is 4.25. The fourth-order valence-electron chi connectivity index (χ4n) is 1.37. The van der Waals surface area contributed by atoms with E-state index < -0.39 is 17.8 Å². The molecule has 0 unspecified atom stereocenters. The van der Waals surface area contributed by atoms with E-state index in [0.717, 1.165) is 6.07 Å². The highest BCUT2D eigenvalue weighted by Crippen LogP contribution is 2.31. The van der Waals surface area contributed by atoms with Crippen molar-refractivity contribution in [2.75, 3.05) is 13.1 Å². The lowest BCUT2D eigenvalue weighted by molar-refractivity contribution is -0.138. The van der Waals surface area contributed by atoms with E-state index >= 15 is 0 Å². The first-order valence-corrected chi connectivity index (χ1v) is 5.32. The molecule has 0 aliphatic rings. The third-order valence-electron chi connectivity index (χ3n) is 2.19. The summed E-state index contributed by atoms with van der Waals surface area (Å²) in [5.74, 6) is 0. The Morgan fingerprint density at radius 3 is 2.50 bits per heavy atom. The van der Waals surface area contributed by atoms with Gasteiger partial charge in [0.05, 0.1) is 5.56 Å². The molecule has 0 aliphatic carbocycles. The molecule has 0 heterocycles. The number of hydrogen-bond acceptors (Lipinski definition) is 2. The van der Waals surface area contributed by atoms with Crippen LogP contribution in [0.25, 0.3) is 0 Å². The zero-order chi connectivity index (χ0) is 13.6. The third-order valence-corrected chi connectivity index (χ3v) is 2.19. The summed E-state index contributed by atoms with van der Waals surface area (Å²) in [6, 6.07) is 4.56. The van der Waals surface area contributed by atoms with Gasteiger partial charge < -0.3 is 16.4 Å². The van der Waals surface area contributed by atoms with E-state index in [2.05, 4.69) is 10.6 Å². The molecule has 7 heteroatoms. The number of carbonyl (C=O) groups is 1. The van der Waals surface area contributed by atoms with Crippen LogP contribution in [0, 0.1) is 0 Å². The average Bonchev–Trinajstić information content (AvgIpc) is 2.33. The van der Waals surface area contributed by atoms with Crippen LogP contribution in [0.3, 0.4) is 0 Å². The predicted octanol–water partition coefficient (Wildman–Crippen LogP) is 1.46. The molecule has 0 radical (unpaired) electrons. The number of carbonyl (C=O) groups excluding carboxylic acids is 1. The Hall–Kier alpha value is -1.76. The largest absolute Gasteiger partial charge is 0.416 e. The maximum atomic E-state index is 12.6. The van der Waals surface area contributed by atoms with Crippen LogP contribution in [0.15, 0.2) is 24.3 Å². The molecule has 1 rings (SSSR count). The lowest BCUT2D eigenvalue weighted by Gasteiger charge is -2.13. The first kappa shape index (κ1) is 14.3. The highest BCUT2D eigenvalue weighted by atomic mass is 19.4. The monoisotopic (exact) mass is 261 g/mol. The van der Waals surface area contributed by atoms with E-state index in [0.29, 0.717) is 0 Å². The zero-order valence-electron chi connectivity index (χ0n) is 9.55. The summed E-state index contributed by atoms with van der Waals surface area (Å²) in [5, 5.41) is 4.75. The fourth-order valence-corrected chi connectivity index (χ4v) is 1.37. The molecule has 0 atom stereocenters. The van der Waals surface area contributed by atoms with E-state index in [-0.39, 0.29) is 25.2 Å². The van der Waals surface area contributed by atoms with E-state index in [9.17, 15) is 18.0 Å². The van der Waals surface area contributed by atoms with Crippen LogP contribution in [-0.4, -0.2) is 19.1 Å². The van der Waals surface area contributed by atoms with Gasteiger partial charge in [-0.2, -0.15) is 13.2 Å². The Balaban J connectivity index is 2.65. The summed E-state index contributed by atoms with van der Waals surface area (Å²) in [7, 11) is 0. The Labute approximate surface area is 102 Å². The van der Waals surface area contributed by atoms with Crippen molar-refractivity contribution in [2.45, 2.75) is 12.7 Å². The SMILES string of the molecule is NCCNC(=O)NCc1ccccc1C(F)(F)F. The number of halogens is 3. The molecule has 0 saturated carbocycles. The van der Waals surface area contributed by atoms with Gasteiger partial charge in [0, 0.05) is 19.6 Å². The Morgan fingerprint density at radius 2 is 1.89 bits per heavy atom. The number of nitrogens with two attached hydrogens (primary N) is 1. The van der Waals surface area contributed by atoms with Crippen molar-refractivity contribution in [1.82, 2.24) is 10.6 Å². The zero-order valence-corrected chi connectivity index (χ0v) is 9.55. The summed E-state index contributed by atoms with van der Waals surface area (Å²) in [4.78, 5) is 11.2. The van der Waals surface area contributed by atoms with Crippen molar-refractivity contribution >= 4 is 6.03 Å². The van der Waals surface area contributed by atoms with Gasteiger partial charge in [0.15, 0.2) is 0 Å². The van der Waals surface area contributed by atoms with Crippen molar-refractivity contribution < 1.29 is 18.0 Å².